The number of rotatable bonds is 4. The second-order valence-corrected chi connectivity index (χ2v) is 5.11. The number of nitrogens with zero attached hydrogens (tertiary/aromatic N) is 3. The molecule has 1 unspecified atom stereocenters. The molecule has 1 saturated heterocycles. The molecule has 19 heavy (non-hydrogen) atoms. The topological polar surface area (TPSA) is 95.4 Å². The molecule has 0 aromatic carbocycles. The third kappa shape index (κ3) is 2.90. The van der Waals surface area contributed by atoms with Crippen molar-refractivity contribution in [3.05, 3.63) is 10.6 Å². The monoisotopic (exact) mass is 284 g/mol. The van der Waals surface area contributed by atoms with E-state index in [0.29, 0.717) is 30.1 Å². The van der Waals surface area contributed by atoms with Crippen LogP contribution in [0.2, 0.25) is 0 Å². The molecule has 0 aliphatic carbocycles. The van der Waals surface area contributed by atoms with Gasteiger partial charge in [0.15, 0.2) is 0 Å². The first-order valence-corrected chi connectivity index (χ1v) is 6.98. The Morgan fingerprint density at radius 3 is 3.05 bits per heavy atom. The van der Waals surface area contributed by atoms with Crippen molar-refractivity contribution in [2.75, 3.05) is 19.6 Å². The second kappa shape index (κ2) is 6.07. The fraction of sp³-hybridized carbons (Fsp3) is 0.636. The second-order valence-electron chi connectivity index (χ2n) is 4.36. The van der Waals surface area contributed by atoms with Crippen LogP contribution in [0, 0.1) is 0 Å². The van der Waals surface area contributed by atoms with E-state index in [1.54, 1.807) is 0 Å². The first-order valence-electron chi connectivity index (χ1n) is 6.20. The highest BCUT2D eigenvalue weighted by molar-refractivity contribution is 7.08. The summed E-state index contributed by atoms with van der Waals surface area (Å²) in [5, 5.41) is 16.1. The number of aromatic nitrogens is 2. The Hall–Kier alpha value is -1.54. The molecule has 2 rings (SSSR count). The lowest BCUT2D eigenvalue weighted by molar-refractivity contribution is -0.142. The molecule has 2 N–H and O–H groups in total. The van der Waals surface area contributed by atoms with Gasteiger partial charge in [0.05, 0.1) is 5.69 Å². The fourth-order valence-electron chi connectivity index (χ4n) is 2.07. The smallest absolute Gasteiger partial charge is 0.327 e. The zero-order chi connectivity index (χ0) is 13.8. The highest BCUT2D eigenvalue weighted by Gasteiger charge is 2.34. The Morgan fingerprint density at radius 2 is 2.37 bits per heavy atom. The van der Waals surface area contributed by atoms with Crippen molar-refractivity contribution >= 4 is 23.4 Å². The Balaban J connectivity index is 2.21. The predicted molar refractivity (Wildman–Crippen MR) is 69.2 cm³/mol. The third-order valence-electron chi connectivity index (χ3n) is 3.03. The number of hydrogen-bond acceptors (Lipinski definition) is 6. The van der Waals surface area contributed by atoms with Crippen molar-refractivity contribution in [3.63, 3.8) is 0 Å². The molecule has 0 saturated carbocycles. The SMILES string of the molecule is CCCc1nnsc1C(=O)N1CCNCC1C(=O)O. The lowest BCUT2D eigenvalue weighted by Crippen LogP contribution is -2.56. The number of carboxylic acids is 1. The number of amides is 1. The van der Waals surface area contributed by atoms with Gasteiger partial charge in [-0.25, -0.2) is 4.79 Å². The molecular formula is C11H16N4O3S. The van der Waals surface area contributed by atoms with Crippen LogP contribution in [-0.2, 0) is 11.2 Å². The largest absolute Gasteiger partial charge is 0.480 e. The highest BCUT2D eigenvalue weighted by atomic mass is 32.1. The van der Waals surface area contributed by atoms with Crippen molar-refractivity contribution in [2.24, 2.45) is 0 Å². The number of aryl methyl sites for hydroxylation is 1. The molecule has 0 radical (unpaired) electrons. The van der Waals surface area contributed by atoms with Crippen molar-refractivity contribution in [1.29, 1.82) is 0 Å². The van der Waals surface area contributed by atoms with Crippen LogP contribution in [-0.4, -0.2) is 57.1 Å². The van der Waals surface area contributed by atoms with Gasteiger partial charge in [-0.3, -0.25) is 4.79 Å². The van der Waals surface area contributed by atoms with Crippen LogP contribution in [0.3, 0.4) is 0 Å². The number of nitrogens with one attached hydrogen (secondary N) is 1. The minimum atomic E-state index is -0.991. The maximum atomic E-state index is 12.4. The molecule has 1 aromatic heterocycles. The minimum absolute atomic E-state index is 0.271. The summed E-state index contributed by atoms with van der Waals surface area (Å²) < 4.78 is 3.81. The Morgan fingerprint density at radius 1 is 1.58 bits per heavy atom. The summed E-state index contributed by atoms with van der Waals surface area (Å²) in [6.45, 7) is 3.26. The van der Waals surface area contributed by atoms with Gasteiger partial charge in [0.2, 0.25) is 0 Å². The molecule has 1 aromatic rings. The molecule has 1 amide bonds. The van der Waals surface area contributed by atoms with Crippen molar-refractivity contribution in [2.45, 2.75) is 25.8 Å². The van der Waals surface area contributed by atoms with Gasteiger partial charge in [0, 0.05) is 19.6 Å². The Bertz CT molecular complexity index is 476. The number of aliphatic carboxylic acids is 1. The summed E-state index contributed by atoms with van der Waals surface area (Å²) >= 11 is 1.04. The van der Waals surface area contributed by atoms with Gasteiger partial charge in [-0.2, -0.15) is 0 Å². The zero-order valence-electron chi connectivity index (χ0n) is 10.6. The normalized spacial score (nSPS) is 19.4. The van der Waals surface area contributed by atoms with E-state index in [4.69, 9.17) is 5.11 Å². The van der Waals surface area contributed by atoms with Crippen molar-refractivity contribution < 1.29 is 14.7 Å². The van der Waals surface area contributed by atoms with Crippen molar-refractivity contribution in [1.82, 2.24) is 19.8 Å². The van der Waals surface area contributed by atoms with Gasteiger partial charge < -0.3 is 15.3 Å². The van der Waals surface area contributed by atoms with Gasteiger partial charge in [-0.05, 0) is 18.0 Å². The quantitative estimate of drug-likeness (QED) is 0.807. The first-order chi connectivity index (χ1) is 9.15. The maximum Gasteiger partial charge on any atom is 0.327 e. The van der Waals surface area contributed by atoms with Gasteiger partial charge in [-0.15, -0.1) is 5.10 Å². The summed E-state index contributed by atoms with van der Waals surface area (Å²) in [6.07, 6.45) is 1.55. The van der Waals surface area contributed by atoms with Crippen LogP contribution < -0.4 is 5.32 Å². The molecule has 7 nitrogen and oxygen atoms in total. The van der Waals surface area contributed by atoms with E-state index in [9.17, 15) is 9.59 Å². The molecule has 1 aliphatic rings. The van der Waals surface area contributed by atoms with Gasteiger partial charge in [0.1, 0.15) is 10.9 Å². The molecule has 1 atom stereocenters. The van der Waals surface area contributed by atoms with Crippen LogP contribution in [0.15, 0.2) is 0 Å². The number of carbonyl (C=O) groups excluding carboxylic acids is 1. The summed E-state index contributed by atoms with van der Waals surface area (Å²) in [6, 6.07) is -0.821. The van der Waals surface area contributed by atoms with Crippen LogP contribution in [0.25, 0.3) is 0 Å². The van der Waals surface area contributed by atoms with Crippen LogP contribution in [0.5, 0.6) is 0 Å². The van der Waals surface area contributed by atoms with E-state index in [0.717, 1.165) is 18.0 Å². The van der Waals surface area contributed by atoms with E-state index in [2.05, 4.69) is 14.9 Å². The Kier molecular flexibility index (Phi) is 4.43. The van der Waals surface area contributed by atoms with E-state index in [-0.39, 0.29) is 12.5 Å². The fourth-order valence-corrected chi connectivity index (χ4v) is 2.73. The van der Waals surface area contributed by atoms with Crippen molar-refractivity contribution in [3.8, 4) is 0 Å². The highest BCUT2D eigenvalue weighted by Crippen LogP contribution is 2.18. The molecule has 1 aliphatic heterocycles. The van der Waals surface area contributed by atoms with E-state index >= 15 is 0 Å². The zero-order valence-corrected chi connectivity index (χ0v) is 11.4. The number of carbonyl (C=O) groups is 2. The van der Waals surface area contributed by atoms with Crippen LogP contribution >= 0.6 is 11.5 Å². The maximum absolute atomic E-state index is 12.4. The lowest BCUT2D eigenvalue weighted by atomic mass is 10.1. The average Bonchev–Trinajstić information content (AvgIpc) is 2.86. The average molecular weight is 284 g/mol. The lowest BCUT2D eigenvalue weighted by Gasteiger charge is -2.33. The molecule has 8 heteroatoms. The number of hydrogen-bond donors (Lipinski definition) is 2. The van der Waals surface area contributed by atoms with Gasteiger partial charge >= 0.3 is 5.97 Å². The first kappa shape index (κ1) is 13.9. The van der Waals surface area contributed by atoms with Crippen LogP contribution in [0.4, 0.5) is 0 Å². The van der Waals surface area contributed by atoms with E-state index < -0.39 is 12.0 Å². The molecule has 1 fully saturated rings. The number of piperazine rings is 1. The molecule has 0 spiro atoms. The molecule has 0 bridgehead atoms. The summed E-state index contributed by atoms with van der Waals surface area (Å²) in [4.78, 5) is 25.5. The molecule has 2 heterocycles. The number of carboxylic acid groups (broad SMARTS) is 1. The van der Waals surface area contributed by atoms with E-state index in [1.807, 2.05) is 6.92 Å². The Labute approximate surface area is 114 Å². The summed E-state index contributed by atoms with van der Waals surface area (Å²) in [5.74, 6) is -1.26. The van der Waals surface area contributed by atoms with Gasteiger partial charge in [-0.1, -0.05) is 17.8 Å². The van der Waals surface area contributed by atoms with Crippen LogP contribution in [0.1, 0.15) is 28.7 Å². The van der Waals surface area contributed by atoms with E-state index in [1.165, 1.54) is 4.90 Å². The summed E-state index contributed by atoms with van der Waals surface area (Å²) in [7, 11) is 0. The predicted octanol–water partition coefficient (Wildman–Crippen LogP) is -0.0108. The standard InChI is InChI=1S/C11H16N4O3S/c1-2-3-7-9(19-14-13-7)10(16)15-5-4-12-6-8(15)11(17)18/h8,12H,2-6H2,1H3,(H,17,18). The minimum Gasteiger partial charge on any atom is -0.480 e. The third-order valence-corrected chi connectivity index (χ3v) is 3.78. The molecule has 104 valence electrons. The van der Waals surface area contributed by atoms with Gasteiger partial charge in [0.25, 0.3) is 5.91 Å². The summed E-state index contributed by atoms with van der Waals surface area (Å²) in [5.41, 5.74) is 0.667. The molecular weight excluding hydrogens is 268 g/mol.